The minimum Gasteiger partial charge on any atom is -0.363 e. The van der Waals surface area contributed by atoms with Crippen molar-refractivity contribution in [2.24, 2.45) is 23.5 Å². The minimum absolute atomic E-state index is 0.0226. The molecule has 6 rings (SSSR count). The zero-order valence-corrected chi connectivity index (χ0v) is 23.9. The highest BCUT2D eigenvalue weighted by atomic mass is 19.4. The van der Waals surface area contributed by atoms with Gasteiger partial charge < -0.3 is 11.1 Å². The van der Waals surface area contributed by atoms with Crippen molar-refractivity contribution in [3.8, 4) is 0 Å². The predicted octanol–water partition coefficient (Wildman–Crippen LogP) is 4.94. The standard InChI is InChI=1S/C28H31F7N8O2/c29-26(30)6-3-14(4-7-26)21(24-40-25(23(36)45)43(41-24)12-17-10-27(17,31)32)18-13-42-19(38-18)9-16(11-37-42)22(15-1-2-15)39-20(44)5-8-28(33,34)35/h9,11,13-15,17,21-22H,1-8,10,12H2,(H2,36,45)(H,39,44)/t17?,21-,22+/m1/s1. The molecule has 0 spiro atoms. The summed E-state index contributed by atoms with van der Waals surface area (Å²) < 4.78 is 96.0. The molecule has 10 nitrogen and oxygen atoms in total. The monoisotopic (exact) mass is 644 g/mol. The molecule has 3 atom stereocenters. The first-order valence-corrected chi connectivity index (χ1v) is 14.8. The summed E-state index contributed by atoms with van der Waals surface area (Å²) in [5.74, 6) is -9.98. The van der Waals surface area contributed by atoms with Gasteiger partial charge in [0.1, 0.15) is 0 Å². The second-order valence-electron chi connectivity index (χ2n) is 12.4. The molecule has 3 N–H and O–H groups in total. The normalized spacial score (nSPS) is 22.7. The molecule has 3 heterocycles. The Morgan fingerprint density at radius 2 is 1.76 bits per heavy atom. The lowest BCUT2D eigenvalue weighted by atomic mass is 9.77. The number of nitrogens with zero attached hydrogens (tertiary/aromatic N) is 6. The first kappa shape index (κ1) is 31.2. The molecule has 3 aliphatic rings. The second-order valence-corrected chi connectivity index (χ2v) is 12.4. The number of halogens is 7. The first-order chi connectivity index (χ1) is 21.1. The Balaban J connectivity index is 1.31. The number of hydrogen-bond donors (Lipinski definition) is 2. The lowest BCUT2D eigenvalue weighted by Crippen LogP contribution is -2.30. The molecule has 0 aliphatic heterocycles. The van der Waals surface area contributed by atoms with Crippen LogP contribution in [0.4, 0.5) is 30.7 Å². The van der Waals surface area contributed by atoms with Crippen molar-refractivity contribution in [1.82, 2.24) is 34.7 Å². The zero-order valence-electron chi connectivity index (χ0n) is 23.9. The number of alkyl halides is 7. The van der Waals surface area contributed by atoms with E-state index in [1.165, 1.54) is 10.7 Å². The molecule has 0 radical (unpaired) electrons. The van der Waals surface area contributed by atoms with Crippen LogP contribution in [0, 0.1) is 17.8 Å². The molecule has 17 heteroatoms. The first-order valence-electron chi connectivity index (χ1n) is 14.8. The third kappa shape index (κ3) is 7.06. The van der Waals surface area contributed by atoms with E-state index in [1.807, 2.05) is 0 Å². The summed E-state index contributed by atoms with van der Waals surface area (Å²) in [6.45, 7) is -0.291. The Morgan fingerprint density at radius 1 is 1.07 bits per heavy atom. The number of primary amides is 1. The fraction of sp³-hybridized carbons (Fsp3) is 0.643. The second kappa shape index (κ2) is 11.2. The fourth-order valence-electron chi connectivity index (χ4n) is 6.09. The number of aromatic nitrogens is 6. The molecule has 3 aromatic rings. The topological polar surface area (TPSA) is 133 Å². The number of carbonyl (C=O) groups is 2. The van der Waals surface area contributed by atoms with Crippen molar-refractivity contribution < 1.29 is 40.3 Å². The molecule has 1 unspecified atom stereocenters. The highest BCUT2D eigenvalue weighted by molar-refractivity contribution is 5.89. The summed E-state index contributed by atoms with van der Waals surface area (Å²) in [7, 11) is 0. The predicted molar refractivity (Wildman–Crippen MR) is 142 cm³/mol. The maximum Gasteiger partial charge on any atom is 0.389 e. The van der Waals surface area contributed by atoms with E-state index in [0.29, 0.717) is 16.9 Å². The summed E-state index contributed by atoms with van der Waals surface area (Å²) in [6, 6.07) is 1.07. The maximum absolute atomic E-state index is 14.1. The lowest BCUT2D eigenvalue weighted by Gasteiger charge is -2.31. The summed E-state index contributed by atoms with van der Waals surface area (Å²) in [6.07, 6.45) is -2.81. The average Bonchev–Trinajstić information content (AvgIpc) is 3.78. The van der Waals surface area contributed by atoms with Crippen LogP contribution in [0.2, 0.25) is 0 Å². The Kier molecular flexibility index (Phi) is 7.78. The Morgan fingerprint density at radius 3 is 2.36 bits per heavy atom. The van der Waals surface area contributed by atoms with Crippen molar-refractivity contribution in [1.29, 1.82) is 0 Å². The van der Waals surface area contributed by atoms with Gasteiger partial charge in [-0.1, -0.05) is 0 Å². The van der Waals surface area contributed by atoms with Gasteiger partial charge in [-0.15, -0.1) is 0 Å². The molecule has 3 saturated carbocycles. The number of imidazole rings is 1. The molecule has 3 aliphatic carbocycles. The number of rotatable bonds is 11. The maximum atomic E-state index is 14.1. The van der Waals surface area contributed by atoms with Gasteiger partial charge in [0.2, 0.25) is 17.7 Å². The van der Waals surface area contributed by atoms with Crippen molar-refractivity contribution in [2.75, 3.05) is 0 Å². The quantitative estimate of drug-likeness (QED) is 0.284. The number of fused-ring (bicyclic) bond motifs is 1. The van der Waals surface area contributed by atoms with Crippen LogP contribution in [-0.2, 0) is 11.3 Å². The van der Waals surface area contributed by atoms with Crippen LogP contribution in [-0.4, -0.2) is 59.2 Å². The van der Waals surface area contributed by atoms with Gasteiger partial charge in [-0.3, -0.25) is 9.59 Å². The molecule has 2 amide bonds. The molecular formula is C28H31F7N8O2. The SMILES string of the molecule is NC(=O)c1nc([C@@H](c2cn3ncc([C@@H](NC(=O)CCC(F)(F)F)C4CC4)cc3n2)C2CCC(F)(F)CC2)nn1CC1CC1(F)F. The Labute approximate surface area is 251 Å². The van der Waals surface area contributed by atoms with Crippen molar-refractivity contribution in [3.63, 3.8) is 0 Å². The summed E-state index contributed by atoms with van der Waals surface area (Å²) in [5.41, 5.74) is 6.69. The molecular weight excluding hydrogens is 613 g/mol. The summed E-state index contributed by atoms with van der Waals surface area (Å²) in [4.78, 5) is 33.5. The minimum atomic E-state index is -4.46. The van der Waals surface area contributed by atoms with Gasteiger partial charge in [-0.2, -0.15) is 23.4 Å². The van der Waals surface area contributed by atoms with Crippen LogP contribution in [0.5, 0.6) is 0 Å². The molecule has 0 aromatic carbocycles. The van der Waals surface area contributed by atoms with E-state index >= 15 is 0 Å². The third-order valence-corrected chi connectivity index (χ3v) is 8.85. The third-order valence-electron chi connectivity index (χ3n) is 8.85. The smallest absolute Gasteiger partial charge is 0.363 e. The molecule has 3 fully saturated rings. The largest absolute Gasteiger partial charge is 0.389 e. The van der Waals surface area contributed by atoms with E-state index in [1.54, 1.807) is 12.3 Å². The van der Waals surface area contributed by atoms with Gasteiger partial charge in [0, 0.05) is 31.6 Å². The average molecular weight is 645 g/mol. The number of amides is 2. The van der Waals surface area contributed by atoms with E-state index in [0.717, 1.165) is 17.5 Å². The van der Waals surface area contributed by atoms with E-state index in [4.69, 9.17) is 5.73 Å². The van der Waals surface area contributed by atoms with Gasteiger partial charge in [-0.05, 0) is 49.1 Å². The molecule has 244 valence electrons. The van der Waals surface area contributed by atoms with Crippen LogP contribution in [0.25, 0.3) is 5.65 Å². The number of hydrogen-bond acceptors (Lipinski definition) is 6. The lowest BCUT2D eigenvalue weighted by molar-refractivity contribution is -0.144. The summed E-state index contributed by atoms with van der Waals surface area (Å²) in [5, 5.41) is 11.4. The van der Waals surface area contributed by atoms with Crippen LogP contribution in [0.3, 0.4) is 0 Å². The van der Waals surface area contributed by atoms with Gasteiger partial charge in [0.05, 0.1) is 43.0 Å². The number of carbonyl (C=O) groups excluding carboxylic acids is 2. The highest BCUT2D eigenvalue weighted by Crippen LogP contribution is 2.50. The van der Waals surface area contributed by atoms with Crippen LogP contribution in [0.1, 0.15) is 97.4 Å². The Bertz CT molecular complexity index is 1590. The highest BCUT2D eigenvalue weighted by Gasteiger charge is 2.57. The molecule has 0 bridgehead atoms. The van der Waals surface area contributed by atoms with Crippen LogP contribution >= 0.6 is 0 Å². The van der Waals surface area contributed by atoms with E-state index in [-0.39, 0.29) is 43.4 Å². The number of nitrogens with two attached hydrogens (primary N) is 1. The van der Waals surface area contributed by atoms with Crippen molar-refractivity contribution >= 4 is 17.5 Å². The number of nitrogens with one attached hydrogen (secondary N) is 1. The van der Waals surface area contributed by atoms with Gasteiger partial charge in [0.15, 0.2) is 11.5 Å². The van der Waals surface area contributed by atoms with Gasteiger partial charge in [-0.25, -0.2) is 36.7 Å². The van der Waals surface area contributed by atoms with Gasteiger partial charge >= 0.3 is 6.18 Å². The van der Waals surface area contributed by atoms with E-state index < -0.39 is 79.3 Å². The molecule has 0 saturated heterocycles. The van der Waals surface area contributed by atoms with Crippen LogP contribution < -0.4 is 11.1 Å². The summed E-state index contributed by atoms with van der Waals surface area (Å²) >= 11 is 0. The van der Waals surface area contributed by atoms with Gasteiger partial charge in [0.25, 0.3) is 11.8 Å². The fourth-order valence-corrected chi connectivity index (χ4v) is 6.09. The zero-order chi connectivity index (χ0) is 32.3. The van der Waals surface area contributed by atoms with Crippen LogP contribution in [0.15, 0.2) is 18.5 Å². The van der Waals surface area contributed by atoms with Crippen molar-refractivity contribution in [2.45, 2.75) is 94.3 Å². The Hall–Kier alpha value is -3.79. The molecule has 3 aromatic heterocycles. The molecule has 45 heavy (non-hydrogen) atoms. The van der Waals surface area contributed by atoms with E-state index in [9.17, 15) is 40.3 Å². The van der Waals surface area contributed by atoms with E-state index in [2.05, 4.69) is 25.5 Å². The van der Waals surface area contributed by atoms with Crippen molar-refractivity contribution in [3.05, 3.63) is 41.4 Å².